The first-order valence-electron chi connectivity index (χ1n) is 9.32. The minimum Gasteiger partial charge on any atom is -0.0919 e. The molecule has 0 atom stereocenters. The normalized spacial score (nSPS) is 12.5. The lowest BCUT2D eigenvalue weighted by Crippen LogP contribution is -2.00. The van der Waals surface area contributed by atoms with Crippen molar-refractivity contribution in [2.45, 2.75) is 41.5 Å². The summed E-state index contributed by atoms with van der Waals surface area (Å²) >= 11 is 0. The van der Waals surface area contributed by atoms with Gasteiger partial charge in [0.15, 0.2) is 0 Å². The summed E-state index contributed by atoms with van der Waals surface area (Å²) in [6.45, 7) is 13.2. The molecule has 0 heteroatoms. The van der Waals surface area contributed by atoms with Gasteiger partial charge in [-0.05, 0) is 53.3 Å². The molecule has 0 aliphatic heterocycles. The molecule has 3 aromatic carbocycles. The molecule has 0 aliphatic carbocycles. The second-order valence-corrected chi connectivity index (χ2v) is 9.08. The van der Waals surface area contributed by atoms with E-state index in [1.54, 1.807) is 0 Å². The fourth-order valence-electron chi connectivity index (χ4n) is 3.06. The molecule has 0 amide bonds. The van der Waals surface area contributed by atoms with Crippen molar-refractivity contribution < 1.29 is 0 Å². The van der Waals surface area contributed by atoms with Gasteiger partial charge >= 0.3 is 0 Å². The lowest BCUT2D eigenvalue weighted by atomic mass is 9.88. The standard InChI is InChI=1S/C26H28/c1-25(2,3)17-15-23-19-11-7-9-13-21(19)24(16-18-26(4,5)6)22-14-10-8-12-20(22)23/h7-15,17H,1-6H3/b17-15-. The average Bonchev–Trinajstić information content (AvgIpc) is 2.56. The number of rotatable bonds is 1. The van der Waals surface area contributed by atoms with Crippen LogP contribution in [0.3, 0.4) is 0 Å². The summed E-state index contributed by atoms with van der Waals surface area (Å²) in [6.07, 6.45) is 4.58. The lowest BCUT2D eigenvalue weighted by Gasteiger charge is -2.15. The molecule has 0 spiro atoms. The fourth-order valence-corrected chi connectivity index (χ4v) is 3.06. The van der Waals surface area contributed by atoms with Crippen molar-refractivity contribution in [3.63, 3.8) is 0 Å². The van der Waals surface area contributed by atoms with E-state index in [0.29, 0.717) is 0 Å². The van der Waals surface area contributed by atoms with E-state index in [1.807, 2.05) is 0 Å². The molecule has 26 heavy (non-hydrogen) atoms. The first-order valence-corrected chi connectivity index (χ1v) is 9.32. The van der Waals surface area contributed by atoms with Crippen LogP contribution in [-0.2, 0) is 0 Å². The van der Waals surface area contributed by atoms with Gasteiger partial charge in [0.1, 0.15) is 0 Å². The monoisotopic (exact) mass is 340 g/mol. The Hall–Kier alpha value is -2.52. The summed E-state index contributed by atoms with van der Waals surface area (Å²) in [5.41, 5.74) is 2.55. The molecule has 0 bridgehead atoms. The molecule has 3 rings (SSSR count). The Kier molecular flexibility index (Phi) is 4.68. The minimum atomic E-state index is -0.0208. The Morgan fingerprint density at radius 3 is 1.58 bits per heavy atom. The maximum atomic E-state index is 3.50. The van der Waals surface area contributed by atoms with E-state index in [-0.39, 0.29) is 10.8 Å². The summed E-state index contributed by atoms with van der Waals surface area (Å²) in [7, 11) is 0. The lowest BCUT2D eigenvalue weighted by molar-refractivity contribution is 0.547. The van der Waals surface area contributed by atoms with Crippen LogP contribution >= 0.6 is 0 Å². The summed E-state index contributed by atoms with van der Waals surface area (Å²) in [6, 6.07) is 17.3. The van der Waals surface area contributed by atoms with Crippen LogP contribution in [0.2, 0.25) is 0 Å². The Morgan fingerprint density at radius 1 is 0.692 bits per heavy atom. The smallest absolute Gasteiger partial charge is 0.0402 e. The quantitative estimate of drug-likeness (QED) is 0.319. The fraction of sp³-hybridized carbons (Fsp3) is 0.308. The molecule has 0 nitrogen and oxygen atoms in total. The average molecular weight is 341 g/mol. The Morgan fingerprint density at radius 2 is 1.15 bits per heavy atom. The van der Waals surface area contributed by atoms with Crippen molar-refractivity contribution in [3.8, 4) is 11.8 Å². The number of hydrogen-bond donors (Lipinski definition) is 0. The Balaban J connectivity index is 2.43. The summed E-state index contributed by atoms with van der Waals surface area (Å²) in [4.78, 5) is 0. The van der Waals surface area contributed by atoms with Crippen LogP contribution in [0.1, 0.15) is 52.7 Å². The first kappa shape index (κ1) is 18.3. The van der Waals surface area contributed by atoms with Crippen LogP contribution in [0, 0.1) is 22.7 Å². The van der Waals surface area contributed by atoms with Crippen molar-refractivity contribution in [1.29, 1.82) is 0 Å². The predicted molar refractivity (Wildman–Crippen MR) is 116 cm³/mol. The van der Waals surface area contributed by atoms with Gasteiger partial charge in [-0.3, -0.25) is 0 Å². The van der Waals surface area contributed by atoms with Crippen LogP contribution in [0.5, 0.6) is 0 Å². The van der Waals surface area contributed by atoms with E-state index in [4.69, 9.17) is 0 Å². The van der Waals surface area contributed by atoms with Gasteiger partial charge in [0.2, 0.25) is 0 Å². The summed E-state index contributed by atoms with van der Waals surface area (Å²) < 4.78 is 0. The van der Waals surface area contributed by atoms with Gasteiger partial charge in [-0.1, -0.05) is 93.3 Å². The van der Waals surface area contributed by atoms with E-state index < -0.39 is 0 Å². The molecule has 0 aliphatic rings. The number of benzene rings is 3. The van der Waals surface area contributed by atoms with Gasteiger partial charge in [0.25, 0.3) is 0 Å². The zero-order valence-electron chi connectivity index (χ0n) is 16.8. The highest BCUT2D eigenvalue weighted by Crippen LogP contribution is 2.34. The SMILES string of the molecule is CC(C)(C)C#Cc1c2ccccc2c(/C=C\C(C)(C)C)c2ccccc12. The molecule has 0 radical (unpaired) electrons. The van der Waals surface area contributed by atoms with Crippen LogP contribution in [-0.4, -0.2) is 0 Å². The van der Waals surface area contributed by atoms with Crippen LogP contribution < -0.4 is 0 Å². The highest BCUT2D eigenvalue weighted by atomic mass is 14.2. The van der Waals surface area contributed by atoms with E-state index >= 15 is 0 Å². The maximum Gasteiger partial charge on any atom is 0.0402 e. The van der Waals surface area contributed by atoms with Crippen molar-refractivity contribution in [3.05, 3.63) is 65.7 Å². The molecule has 0 unspecified atom stereocenters. The zero-order valence-corrected chi connectivity index (χ0v) is 16.8. The van der Waals surface area contributed by atoms with Gasteiger partial charge in [-0.25, -0.2) is 0 Å². The number of hydrogen-bond acceptors (Lipinski definition) is 0. The molecule has 132 valence electrons. The molecule has 0 aromatic heterocycles. The van der Waals surface area contributed by atoms with Crippen molar-refractivity contribution in [1.82, 2.24) is 0 Å². The third-order valence-electron chi connectivity index (χ3n) is 4.29. The molecule has 0 fully saturated rings. The van der Waals surface area contributed by atoms with Gasteiger partial charge in [0.05, 0.1) is 0 Å². The minimum absolute atomic E-state index is 0.0208. The van der Waals surface area contributed by atoms with Gasteiger partial charge in [-0.2, -0.15) is 0 Å². The van der Waals surface area contributed by atoms with Crippen LogP contribution in [0.15, 0.2) is 54.6 Å². The van der Waals surface area contributed by atoms with Crippen molar-refractivity contribution in [2.75, 3.05) is 0 Å². The molecular weight excluding hydrogens is 312 g/mol. The molecule has 0 N–H and O–H groups in total. The van der Waals surface area contributed by atoms with Crippen LogP contribution in [0.4, 0.5) is 0 Å². The topological polar surface area (TPSA) is 0 Å². The molecule has 0 heterocycles. The Labute approximate surface area is 157 Å². The third kappa shape index (κ3) is 4.00. The van der Waals surface area contributed by atoms with Gasteiger partial charge in [-0.15, -0.1) is 0 Å². The van der Waals surface area contributed by atoms with Crippen molar-refractivity contribution >= 4 is 27.6 Å². The van der Waals surface area contributed by atoms with E-state index in [0.717, 1.165) is 5.56 Å². The summed E-state index contributed by atoms with van der Waals surface area (Å²) in [5, 5.41) is 5.00. The zero-order chi connectivity index (χ0) is 18.9. The van der Waals surface area contributed by atoms with E-state index in [2.05, 4.69) is 114 Å². The highest BCUT2D eigenvalue weighted by molar-refractivity contribution is 6.11. The summed E-state index contributed by atoms with van der Waals surface area (Å²) in [5.74, 6) is 6.93. The molecule has 0 saturated heterocycles. The third-order valence-corrected chi connectivity index (χ3v) is 4.29. The van der Waals surface area contributed by atoms with Gasteiger partial charge in [0, 0.05) is 11.0 Å². The largest absolute Gasteiger partial charge is 0.0919 e. The number of allylic oxidation sites excluding steroid dienone is 1. The first-order chi connectivity index (χ1) is 12.2. The van der Waals surface area contributed by atoms with E-state index in [1.165, 1.54) is 27.1 Å². The second-order valence-electron chi connectivity index (χ2n) is 9.08. The Bertz CT molecular complexity index is 982. The molecular formula is C26H28. The molecule has 3 aromatic rings. The van der Waals surface area contributed by atoms with Gasteiger partial charge < -0.3 is 0 Å². The number of fused-ring (bicyclic) bond motifs is 2. The highest BCUT2D eigenvalue weighted by Gasteiger charge is 2.13. The van der Waals surface area contributed by atoms with Crippen LogP contribution in [0.25, 0.3) is 27.6 Å². The van der Waals surface area contributed by atoms with Crippen molar-refractivity contribution in [2.24, 2.45) is 10.8 Å². The molecule has 0 saturated carbocycles. The predicted octanol–water partition coefficient (Wildman–Crippen LogP) is 7.45. The maximum absolute atomic E-state index is 3.50. The van der Waals surface area contributed by atoms with E-state index in [9.17, 15) is 0 Å². The second kappa shape index (κ2) is 6.65.